The van der Waals surface area contributed by atoms with Gasteiger partial charge in [0.05, 0.1) is 5.92 Å². The number of carboxylic acids is 1. The number of aliphatic carboxylic acids is 1. The van der Waals surface area contributed by atoms with Crippen molar-refractivity contribution in [3.05, 3.63) is 0 Å². The maximum absolute atomic E-state index is 12.6. The predicted octanol–water partition coefficient (Wildman–Crippen LogP) is 19.3. The van der Waals surface area contributed by atoms with Gasteiger partial charge >= 0.3 is 5.97 Å². The predicted molar refractivity (Wildman–Crippen MR) is 244 cm³/mol. The summed E-state index contributed by atoms with van der Waals surface area (Å²) in [5, 5.41) is 10.4. The van der Waals surface area contributed by atoms with Crippen molar-refractivity contribution in [1.29, 1.82) is 0 Å². The first-order valence-electron chi connectivity index (χ1n) is 25.9. The van der Waals surface area contributed by atoms with Gasteiger partial charge < -0.3 is 5.11 Å². The van der Waals surface area contributed by atoms with Crippen LogP contribution in [0.2, 0.25) is 0 Å². The Hall–Kier alpha value is -0.530. The minimum absolute atomic E-state index is 0.115. The number of unbranched alkanes of at least 4 members (excludes halogenated alkanes) is 40. The van der Waals surface area contributed by atoms with Gasteiger partial charge in [-0.15, -0.1) is 0 Å². The molecule has 1 N–H and O–H groups in total. The van der Waals surface area contributed by atoms with E-state index in [0.29, 0.717) is 5.92 Å². The quantitative estimate of drug-likeness (QED) is 0.0627. The first kappa shape index (κ1) is 53.5. The van der Waals surface area contributed by atoms with Crippen LogP contribution in [0, 0.1) is 11.8 Å². The van der Waals surface area contributed by atoms with Gasteiger partial charge in [0.15, 0.2) is 0 Å². The lowest BCUT2D eigenvalue weighted by Gasteiger charge is -2.24. The number of rotatable bonds is 48. The first-order chi connectivity index (χ1) is 26.7. The van der Waals surface area contributed by atoms with E-state index < -0.39 is 5.97 Å². The molecule has 0 aliphatic carbocycles. The largest absolute Gasteiger partial charge is 0.481 e. The minimum Gasteiger partial charge on any atom is -0.481 e. The Kier molecular flexibility index (Phi) is 46.4. The summed E-state index contributed by atoms with van der Waals surface area (Å²) in [5.41, 5.74) is 0. The lowest BCUT2D eigenvalue weighted by atomic mass is 9.80. The molecule has 0 amide bonds. The van der Waals surface area contributed by atoms with Crippen molar-refractivity contribution in [3.8, 4) is 0 Å². The molecule has 324 valence electrons. The monoisotopic (exact) mass is 761 g/mol. The Morgan fingerprint density at radius 2 is 0.444 bits per heavy atom. The van der Waals surface area contributed by atoms with E-state index in [4.69, 9.17) is 0 Å². The molecule has 2 nitrogen and oxygen atoms in total. The highest BCUT2D eigenvalue weighted by atomic mass is 16.4. The van der Waals surface area contributed by atoms with Crippen LogP contribution in [0.5, 0.6) is 0 Å². The molecule has 0 aliphatic rings. The van der Waals surface area contributed by atoms with Crippen LogP contribution >= 0.6 is 0 Å². The number of carboxylic acid groups (broad SMARTS) is 1. The summed E-state index contributed by atoms with van der Waals surface area (Å²) in [4.78, 5) is 12.6. The van der Waals surface area contributed by atoms with Crippen LogP contribution in [0.15, 0.2) is 0 Å². The van der Waals surface area contributed by atoms with Crippen molar-refractivity contribution >= 4 is 5.97 Å². The van der Waals surface area contributed by atoms with E-state index in [1.54, 1.807) is 0 Å². The third kappa shape index (κ3) is 41.1. The molecule has 0 spiro atoms. The molecule has 0 bridgehead atoms. The number of carbonyl (C=O) groups is 1. The molecular formula is C52H104O2. The van der Waals surface area contributed by atoms with Crippen LogP contribution in [-0.2, 0) is 4.79 Å². The fourth-order valence-electron chi connectivity index (χ4n) is 9.05. The molecule has 0 fully saturated rings. The highest BCUT2D eigenvalue weighted by Crippen LogP contribution is 2.31. The third-order valence-electron chi connectivity index (χ3n) is 12.9. The van der Waals surface area contributed by atoms with Crippen LogP contribution in [-0.4, -0.2) is 11.1 Å². The Morgan fingerprint density at radius 1 is 0.278 bits per heavy atom. The van der Waals surface area contributed by atoms with E-state index in [1.165, 1.54) is 270 Å². The maximum Gasteiger partial charge on any atom is 0.306 e. The summed E-state index contributed by atoms with van der Waals surface area (Å²) < 4.78 is 0. The molecule has 2 atom stereocenters. The Balaban J connectivity index is 4.28. The number of hydrogen-bond donors (Lipinski definition) is 1. The van der Waals surface area contributed by atoms with Crippen LogP contribution in [0.1, 0.15) is 316 Å². The Labute approximate surface area is 342 Å². The average molecular weight is 761 g/mol. The van der Waals surface area contributed by atoms with Crippen molar-refractivity contribution in [2.24, 2.45) is 11.8 Å². The van der Waals surface area contributed by atoms with E-state index in [-0.39, 0.29) is 5.92 Å². The summed E-state index contributed by atoms with van der Waals surface area (Å²) in [7, 11) is 0. The average Bonchev–Trinajstić information content (AvgIpc) is 3.17. The standard InChI is InChI=1S/C52H104O2/c1-4-7-10-13-16-19-22-25-27-28-29-30-33-36-39-42-45-48-50(47-44-41-38-35-32-24-21-18-15-12-9-6-3)51(52(53)54)49-46-43-40-37-34-31-26-23-20-17-14-11-8-5-2/h50-51H,4-49H2,1-3H3,(H,53,54). The van der Waals surface area contributed by atoms with Gasteiger partial charge in [-0.25, -0.2) is 0 Å². The van der Waals surface area contributed by atoms with Crippen molar-refractivity contribution in [3.63, 3.8) is 0 Å². The van der Waals surface area contributed by atoms with Gasteiger partial charge in [-0.2, -0.15) is 0 Å². The second-order valence-electron chi connectivity index (χ2n) is 18.2. The molecule has 2 unspecified atom stereocenters. The van der Waals surface area contributed by atoms with Gasteiger partial charge in [-0.1, -0.05) is 297 Å². The zero-order valence-electron chi connectivity index (χ0n) is 38.0. The van der Waals surface area contributed by atoms with E-state index in [2.05, 4.69) is 20.8 Å². The van der Waals surface area contributed by atoms with E-state index in [1.807, 2.05) is 0 Å². The molecule has 0 radical (unpaired) electrons. The van der Waals surface area contributed by atoms with E-state index >= 15 is 0 Å². The van der Waals surface area contributed by atoms with Crippen molar-refractivity contribution in [2.75, 3.05) is 0 Å². The van der Waals surface area contributed by atoms with Gasteiger partial charge in [-0.05, 0) is 25.2 Å². The fraction of sp³-hybridized carbons (Fsp3) is 0.981. The molecular weight excluding hydrogens is 657 g/mol. The number of hydrogen-bond acceptors (Lipinski definition) is 1. The van der Waals surface area contributed by atoms with E-state index in [9.17, 15) is 9.90 Å². The Bertz CT molecular complexity index is 688. The Morgan fingerprint density at radius 3 is 0.630 bits per heavy atom. The van der Waals surface area contributed by atoms with Gasteiger partial charge in [0.1, 0.15) is 0 Å². The molecule has 0 saturated heterocycles. The molecule has 0 rings (SSSR count). The van der Waals surface area contributed by atoms with Crippen LogP contribution in [0.25, 0.3) is 0 Å². The molecule has 0 heterocycles. The summed E-state index contributed by atoms with van der Waals surface area (Å²) in [6.45, 7) is 6.90. The van der Waals surface area contributed by atoms with E-state index in [0.717, 1.165) is 25.7 Å². The van der Waals surface area contributed by atoms with Crippen LogP contribution < -0.4 is 0 Å². The minimum atomic E-state index is -0.499. The molecule has 0 saturated carbocycles. The summed E-state index contributed by atoms with van der Waals surface area (Å²) in [6, 6.07) is 0. The third-order valence-corrected chi connectivity index (χ3v) is 12.9. The molecule has 54 heavy (non-hydrogen) atoms. The normalized spacial score (nSPS) is 12.8. The first-order valence-corrected chi connectivity index (χ1v) is 25.9. The van der Waals surface area contributed by atoms with Gasteiger partial charge in [0.25, 0.3) is 0 Å². The van der Waals surface area contributed by atoms with Crippen molar-refractivity contribution in [2.45, 2.75) is 316 Å². The summed E-state index contributed by atoms with van der Waals surface area (Å²) >= 11 is 0. The lowest BCUT2D eigenvalue weighted by Crippen LogP contribution is -2.24. The van der Waals surface area contributed by atoms with Crippen LogP contribution in [0.3, 0.4) is 0 Å². The SMILES string of the molecule is CCCCCCCCCCCCCCCCCCCC(CCCCCCCCCCCCCC)C(CCCCCCCCCCCCCCCC)C(=O)O. The second kappa shape index (κ2) is 46.8. The zero-order chi connectivity index (χ0) is 39.3. The fourth-order valence-corrected chi connectivity index (χ4v) is 9.05. The van der Waals surface area contributed by atoms with Gasteiger partial charge in [-0.3, -0.25) is 4.79 Å². The highest BCUT2D eigenvalue weighted by molar-refractivity contribution is 5.70. The topological polar surface area (TPSA) is 37.3 Å². The molecule has 2 heteroatoms. The lowest BCUT2D eigenvalue weighted by molar-refractivity contribution is -0.144. The summed E-state index contributed by atoms with van der Waals surface area (Å²) in [5.74, 6) is -0.222. The summed E-state index contributed by atoms with van der Waals surface area (Å²) in [6.07, 6.45) is 62.7. The smallest absolute Gasteiger partial charge is 0.306 e. The van der Waals surface area contributed by atoms with Crippen molar-refractivity contribution in [1.82, 2.24) is 0 Å². The molecule has 0 aromatic rings. The molecule has 0 aromatic heterocycles. The van der Waals surface area contributed by atoms with Crippen LogP contribution in [0.4, 0.5) is 0 Å². The maximum atomic E-state index is 12.6. The molecule has 0 aromatic carbocycles. The van der Waals surface area contributed by atoms with Gasteiger partial charge in [0.2, 0.25) is 0 Å². The molecule has 0 aliphatic heterocycles. The van der Waals surface area contributed by atoms with Gasteiger partial charge in [0, 0.05) is 0 Å². The zero-order valence-corrected chi connectivity index (χ0v) is 38.0. The second-order valence-corrected chi connectivity index (χ2v) is 18.2. The highest BCUT2D eigenvalue weighted by Gasteiger charge is 2.27. The van der Waals surface area contributed by atoms with Crippen molar-refractivity contribution < 1.29 is 9.90 Å².